The maximum absolute atomic E-state index is 12.2. The average Bonchev–Trinajstić information content (AvgIpc) is 2.82. The fourth-order valence-corrected chi connectivity index (χ4v) is 2.27. The van der Waals surface area contributed by atoms with Crippen molar-refractivity contribution < 1.29 is 13.5 Å². The van der Waals surface area contributed by atoms with Crippen LogP contribution in [0.1, 0.15) is 5.56 Å². The first kappa shape index (κ1) is 13.1. The Bertz CT molecular complexity index is 505. The van der Waals surface area contributed by atoms with Gasteiger partial charge in [-0.1, -0.05) is 11.6 Å². The lowest BCUT2D eigenvalue weighted by molar-refractivity contribution is -0.0504. The van der Waals surface area contributed by atoms with Crippen LogP contribution in [0.3, 0.4) is 0 Å². The first-order valence-corrected chi connectivity index (χ1v) is 6.46. The van der Waals surface area contributed by atoms with Crippen molar-refractivity contribution in [1.29, 1.82) is 0 Å². The van der Waals surface area contributed by atoms with E-state index in [0.29, 0.717) is 17.1 Å². The van der Waals surface area contributed by atoms with Gasteiger partial charge in [-0.05, 0) is 29.6 Å². The van der Waals surface area contributed by atoms with Gasteiger partial charge in [-0.2, -0.15) is 20.1 Å². The van der Waals surface area contributed by atoms with E-state index in [1.165, 1.54) is 12.1 Å². The second-order valence-electron chi connectivity index (χ2n) is 3.50. The van der Waals surface area contributed by atoms with E-state index in [-0.39, 0.29) is 5.75 Å². The smallest absolute Gasteiger partial charge is 0.387 e. The SMILES string of the molecule is FC(F)Oc1ccc(Cl)cc1CNc1ccsc1. The second-order valence-corrected chi connectivity index (χ2v) is 4.71. The van der Waals surface area contributed by atoms with Gasteiger partial charge in [0.05, 0.1) is 0 Å². The van der Waals surface area contributed by atoms with Crippen molar-refractivity contribution in [2.24, 2.45) is 0 Å². The lowest BCUT2D eigenvalue weighted by Gasteiger charge is -2.12. The zero-order valence-corrected chi connectivity index (χ0v) is 10.8. The molecule has 2 nitrogen and oxygen atoms in total. The Morgan fingerprint density at radius 3 is 2.83 bits per heavy atom. The van der Waals surface area contributed by atoms with Crippen LogP contribution in [-0.4, -0.2) is 6.61 Å². The zero-order valence-electron chi connectivity index (χ0n) is 9.20. The van der Waals surface area contributed by atoms with E-state index < -0.39 is 6.61 Å². The number of hydrogen-bond acceptors (Lipinski definition) is 3. The molecule has 96 valence electrons. The molecule has 6 heteroatoms. The first-order valence-electron chi connectivity index (χ1n) is 5.14. The molecule has 1 N–H and O–H groups in total. The minimum absolute atomic E-state index is 0.136. The molecular formula is C12H10ClF2NOS. The van der Waals surface area contributed by atoms with Crippen molar-refractivity contribution in [1.82, 2.24) is 0 Å². The van der Waals surface area contributed by atoms with Crippen molar-refractivity contribution in [3.8, 4) is 5.75 Å². The van der Waals surface area contributed by atoms with E-state index in [1.54, 1.807) is 17.4 Å². The van der Waals surface area contributed by atoms with E-state index in [2.05, 4.69) is 10.1 Å². The second kappa shape index (κ2) is 6.02. The van der Waals surface area contributed by atoms with Gasteiger partial charge < -0.3 is 10.1 Å². The quantitative estimate of drug-likeness (QED) is 0.867. The minimum atomic E-state index is -2.84. The third kappa shape index (κ3) is 3.58. The third-order valence-corrected chi connectivity index (χ3v) is 3.16. The van der Waals surface area contributed by atoms with Gasteiger partial charge in [0.25, 0.3) is 0 Å². The molecule has 18 heavy (non-hydrogen) atoms. The molecule has 0 fully saturated rings. The maximum atomic E-state index is 12.2. The predicted molar refractivity (Wildman–Crippen MR) is 69.7 cm³/mol. The molecule has 0 aliphatic carbocycles. The Morgan fingerprint density at radius 2 is 2.17 bits per heavy atom. The third-order valence-electron chi connectivity index (χ3n) is 2.24. The Kier molecular flexibility index (Phi) is 4.38. The van der Waals surface area contributed by atoms with Gasteiger partial charge in [0.2, 0.25) is 0 Å². The number of thiophene rings is 1. The normalized spacial score (nSPS) is 10.7. The summed E-state index contributed by atoms with van der Waals surface area (Å²) in [5.41, 5.74) is 1.52. The number of alkyl halides is 2. The Morgan fingerprint density at radius 1 is 1.33 bits per heavy atom. The lowest BCUT2D eigenvalue weighted by Crippen LogP contribution is -2.07. The lowest BCUT2D eigenvalue weighted by atomic mass is 10.2. The molecule has 0 aliphatic heterocycles. The van der Waals surface area contributed by atoms with Gasteiger partial charge in [-0.3, -0.25) is 0 Å². The highest BCUT2D eigenvalue weighted by molar-refractivity contribution is 7.08. The molecule has 0 saturated heterocycles. The van der Waals surface area contributed by atoms with Gasteiger partial charge in [-0.15, -0.1) is 0 Å². The van der Waals surface area contributed by atoms with Crippen LogP contribution in [0.5, 0.6) is 5.75 Å². The molecule has 1 aromatic carbocycles. The van der Waals surface area contributed by atoms with Crippen molar-refractivity contribution in [3.63, 3.8) is 0 Å². The van der Waals surface area contributed by atoms with Crippen molar-refractivity contribution in [3.05, 3.63) is 45.6 Å². The molecule has 0 atom stereocenters. The van der Waals surface area contributed by atoms with Crippen LogP contribution in [0, 0.1) is 0 Å². The molecular weight excluding hydrogens is 280 g/mol. The summed E-state index contributed by atoms with van der Waals surface area (Å²) in [7, 11) is 0. The molecule has 0 bridgehead atoms. The van der Waals surface area contributed by atoms with Crippen molar-refractivity contribution >= 4 is 28.6 Å². The number of benzene rings is 1. The standard InChI is InChI=1S/C12H10ClF2NOS/c13-9-1-2-11(17-12(14)15)8(5-9)6-16-10-3-4-18-7-10/h1-5,7,12,16H,6H2. The van der Waals surface area contributed by atoms with E-state index >= 15 is 0 Å². The van der Waals surface area contributed by atoms with Crippen LogP contribution in [0.2, 0.25) is 5.02 Å². The monoisotopic (exact) mass is 289 g/mol. The molecule has 0 unspecified atom stereocenters. The predicted octanol–water partition coefficient (Wildman–Crippen LogP) is 4.62. The molecule has 0 radical (unpaired) electrons. The summed E-state index contributed by atoms with van der Waals surface area (Å²) >= 11 is 7.40. The fourth-order valence-electron chi connectivity index (χ4n) is 1.46. The molecule has 2 rings (SSSR count). The number of nitrogens with one attached hydrogen (secondary N) is 1. The number of rotatable bonds is 5. The summed E-state index contributed by atoms with van der Waals surface area (Å²) < 4.78 is 28.9. The number of halogens is 3. The summed E-state index contributed by atoms with van der Waals surface area (Å²) in [5, 5.41) is 7.45. The van der Waals surface area contributed by atoms with Gasteiger partial charge in [-0.25, -0.2) is 0 Å². The van der Waals surface area contributed by atoms with Crippen LogP contribution < -0.4 is 10.1 Å². The molecule has 0 amide bonds. The summed E-state index contributed by atoms with van der Waals surface area (Å²) in [6.45, 7) is -2.47. The van der Waals surface area contributed by atoms with Crippen molar-refractivity contribution in [2.45, 2.75) is 13.2 Å². The number of ether oxygens (including phenoxy) is 1. The summed E-state index contributed by atoms with van der Waals surface area (Å²) in [6, 6.07) is 6.48. The van der Waals surface area contributed by atoms with Crippen LogP contribution in [0.25, 0.3) is 0 Å². The molecule has 0 saturated carbocycles. The van der Waals surface area contributed by atoms with Gasteiger partial charge >= 0.3 is 6.61 Å². The highest BCUT2D eigenvalue weighted by Gasteiger charge is 2.10. The molecule has 1 heterocycles. The van der Waals surface area contributed by atoms with Gasteiger partial charge in [0.15, 0.2) is 0 Å². The van der Waals surface area contributed by atoms with E-state index in [0.717, 1.165) is 5.69 Å². The van der Waals surface area contributed by atoms with E-state index in [4.69, 9.17) is 11.6 Å². The fraction of sp³-hybridized carbons (Fsp3) is 0.167. The van der Waals surface area contributed by atoms with Gasteiger partial charge in [0, 0.05) is 28.2 Å². The van der Waals surface area contributed by atoms with Gasteiger partial charge in [0.1, 0.15) is 5.75 Å². The van der Waals surface area contributed by atoms with Crippen LogP contribution in [0.15, 0.2) is 35.0 Å². The highest BCUT2D eigenvalue weighted by Crippen LogP contribution is 2.25. The Labute approximate surface area is 112 Å². The van der Waals surface area contributed by atoms with Crippen LogP contribution in [-0.2, 0) is 6.54 Å². The topological polar surface area (TPSA) is 21.3 Å². The number of hydrogen-bond donors (Lipinski definition) is 1. The summed E-state index contributed by atoms with van der Waals surface area (Å²) in [4.78, 5) is 0. The minimum Gasteiger partial charge on any atom is -0.434 e. The van der Waals surface area contributed by atoms with Crippen LogP contribution >= 0.6 is 22.9 Å². The molecule has 0 aliphatic rings. The summed E-state index contributed by atoms with van der Waals surface area (Å²) in [6.07, 6.45) is 0. The van der Waals surface area contributed by atoms with E-state index in [9.17, 15) is 8.78 Å². The van der Waals surface area contributed by atoms with Crippen LogP contribution in [0.4, 0.5) is 14.5 Å². The zero-order chi connectivity index (χ0) is 13.0. The molecule has 1 aromatic heterocycles. The number of anilines is 1. The molecule has 0 spiro atoms. The largest absolute Gasteiger partial charge is 0.434 e. The average molecular weight is 290 g/mol. The Hall–Kier alpha value is -1.33. The maximum Gasteiger partial charge on any atom is 0.387 e. The van der Waals surface area contributed by atoms with E-state index in [1.807, 2.05) is 16.8 Å². The Balaban J connectivity index is 2.11. The van der Waals surface area contributed by atoms with Crippen molar-refractivity contribution in [2.75, 3.05) is 5.32 Å². The highest BCUT2D eigenvalue weighted by atomic mass is 35.5. The molecule has 2 aromatic rings. The first-order chi connectivity index (χ1) is 8.65. The summed E-state index contributed by atoms with van der Waals surface area (Å²) in [5.74, 6) is 0.136.